The van der Waals surface area contributed by atoms with Crippen molar-refractivity contribution in [3.63, 3.8) is 0 Å². The molecule has 314 valence electrons. The van der Waals surface area contributed by atoms with Gasteiger partial charge in [-0.3, -0.25) is 0 Å². The SMILES string of the molecule is CC1(C)CCC(C)(C)c2cc(N3c4cc5c(cc4[SH]4c6oc7ccccc7c6N(c6ccccc6)c6cccc3c64)B3c4ccccc4N(c4ccccc4)c4cccc(c43)O5)ccc21. The quantitative estimate of drug-likeness (QED) is 0.141. The molecule has 0 fully saturated rings. The standard InChI is InChI=1S/C58H46BN3O2S/c1-57(2)31-32-58(3,4)41-33-38(29-30-40(41)57)61-46-25-15-26-47-55(46)65(56-54(39-21-11-14-27-49(39)64-56)62(47)37-19-9-6-10-20-37)52-34-43-51(35-48(52)61)63-50-28-16-24-45-53(50)59(43)42-22-12-13-23-44(42)60(45)36-17-7-5-8-18-36/h5-30,33-35,65H,31-32H2,1-4H3. The van der Waals surface area contributed by atoms with Crippen molar-refractivity contribution in [2.45, 2.75) is 66.2 Å². The van der Waals surface area contributed by atoms with E-state index in [0.717, 1.165) is 62.4 Å². The van der Waals surface area contributed by atoms with Crippen molar-refractivity contribution in [3.8, 4) is 11.5 Å². The van der Waals surface area contributed by atoms with Gasteiger partial charge in [0.15, 0.2) is 5.09 Å². The van der Waals surface area contributed by atoms with E-state index in [4.69, 9.17) is 9.15 Å². The van der Waals surface area contributed by atoms with E-state index < -0.39 is 10.9 Å². The Morgan fingerprint density at radius 1 is 0.492 bits per heavy atom. The van der Waals surface area contributed by atoms with Crippen molar-refractivity contribution in [1.29, 1.82) is 0 Å². The number of thiol groups is 1. The summed E-state index contributed by atoms with van der Waals surface area (Å²) in [6, 6.07) is 64.8. The molecule has 1 aliphatic carbocycles. The Labute approximate surface area is 383 Å². The molecule has 0 N–H and O–H groups in total. The van der Waals surface area contributed by atoms with Crippen molar-refractivity contribution in [2.75, 3.05) is 14.7 Å². The monoisotopic (exact) mass is 859 g/mol. The molecular formula is C58H46BN3O2S. The predicted octanol–water partition coefficient (Wildman–Crippen LogP) is 14.2. The first-order chi connectivity index (χ1) is 31.7. The number of hydrogen-bond acceptors (Lipinski definition) is 5. The summed E-state index contributed by atoms with van der Waals surface area (Å²) in [4.78, 5) is 9.99. The van der Waals surface area contributed by atoms with E-state index in [1.807, 2.05) is 0 Å². The highest BCUT2D eigenvalue weighted by atomic mass is 32.2. The molecule has 1 atom stereocenters. The number of para-hydroxylation sites is 4. The van der Waals surface area contributed by atoms with Crippen LogP contribution < -0.4 is 35.8 Å². The van der Waals surface area contributed by atoms with E-state index >= 15 is 0 Å². The van der Waals surface area contributed by atoms with Crippen LogP contribution in [0.15, 0.2) is 195 Å². The molecule has 7 heteroatoms. The van der Waals surface area contributed by atoms with Crippen molar-refractivity contribution in [1.82, 2.24) is 0 Å². The Hall–Kier alpha value is -7.09. The number of benzene rings is 8. The van der Waals surface area contributed by atoms with Crippen LogP contribution >= 0.6 is 10.9 Å². The van der Waals surface area contributed by atoms with Gasteiger partial charge in [-0.2, -0.15) is 0 Å². The van der Waals surface area contributed by atoms with Gasteiger partial charge >= 0.3 is 0 Å². The molecule has 4 aliphatic heterocycles. The molecule has 0 radical (unpaired) electrons. The zero-order valence-electron chi connectivity index (χ0n) is 36.8. The minimum absolute atomic E-state index is 0.0396. The first-order valence-corrected chi connectivity index (χ1v) is 24.3. The van der Waals surface area contributed by atoms with E-state index in [0.29, 0.717) is 0 Å². The lowest BCUT2D eigenvalue weighted by Gasteiger charge is -2.46. The summed E-state index contributed by atoms with van der Waals surface area (Å²) in [5, 5.41) is 2.15. The molecule has 14 rings (SSSR count). The molecule has 0 bridgehead atoms. The normalized spacial score (nSPS) is 18.1. The fraction of sp³-hybridized carbons (Fsp3) is 0.138. The molecule has 1 aromatic heterocycles. The molecule has 9 aromatic rings. The fourth-order valence-corrected chi connectivity index (χ4v) is 14.5. The van der Waals surface area contributed by atoms with E-state index in [2.05, 4.69) is 218 Å². The second kappa shape index (κ2) is 13.2. The van der Waals surface area contributed by atoms with Crippen molar-refractivity contribution < 1.29 is 9.15 Å². The van der Waals surface area contributed by atoms with E-state index in [1.54, 1.807) is 0 Å². The molecule has 0 saturated heterocycles. The summed E-state index contributed by atoms with van der Waals surface area (Å²) in [7, 11) is -1.20. The second-order valence-corrected chi connectivity index (χ2v) is 21.6. The lowest BCUT2D eigenvalue weighted by Crippen LogP contribution is -2.59. The van der Waals surface area contributed by atoms with Crippen LogP contribution in [0.4, 0.5) is 51.2 Å². The van der Waals surface area contributed by atoms with Gasteiger partial charge in [-0.1, -0.05) is 113 Å². The number of furan rings is 1. The smallest absolute Gasteiger partial charge is 0.256 e. The molecule has 5 heterocycles. The summed E-state index contributed by atoms with van der Waals surface area (Å²) in [5.74, 6) is 1.80. The van der Waals surface area contributed by atoms with Gasteiger partial charge < -0.3 is 23.9 Å². The molecule has 65 heavy (non-hydrogen) atoms. The maximum Gasteiger partial charge on any atom is 0.256 e. The molecule has 5 nitrogen and oxygen atoms in total. The molecule has 0 amide bonds. The summed E-state index contributed by atoms with van der Waals surface area (Å²) >= 11 is 0. The lowest BCUT2D eigenvalue weighted by molar-refractivity contribution is 0.332. The van der Waals surface area contributed by atoms with Crippen LogP contribution in [0.1, 0.15) is 51.7 Å². The van der Waals surface area contributed by atoms with Gasteiger partial charge in [0.05, 0.1) is 17.1 Å². The molecule has 5 aliphatic rings. The van der Waals surface area contributed by atoms with Gasteiger partial charge in [-0.05, 0) is 136 Å². The first-order valence-electron chi connectivity index (χ1n) is 22.9. The Morgan fingerprint density at radius 2 is 1.12 bits per heavy atom. The average Bonchev–Trinajstić information content (AvgIpc) is 3.72. The number of ether oxygens (including phenoxy) is 1. The first kappa shape index (κ1) is 37.3. The van der Waals surface area contributed by atoms with Crippen LogP contribution in [0.2, 0.25) is 0 Å². The van der Waals surface area contributed by atoms with Gasteiger partial charge in [0.2, 0.25) is 0 Å². The Bertz CT molecular complexity index is 3470. The highest BCUT2D eigenvalue weighted by molar-refractivity contribution is 8.17. The van der Waals surface area contributed by atoms with Crippen LogP contribution in [0.5, 0.6) is 11.5 Å². The van der Waals surface area contributed by atoms with E-state index in [-0.39, 0.29) is 17.5 Å². The van der Waals surface area contributed by atoms with Crippen molar-refractivity contribution in [3.05, 3.63) is 187 Å². The fourth-order valence-electron chi connectivity index (χ4n) is 11.8. The minimum atomic E-state index is -1.20. The lowest BCUT2D eigenvalue weighted by atomic mass is 9.34. The number of anilines is 9. The number of nitrogens with zero attached hydrogens (tertiary/aromatic N) is 3. The molecule has 1 unspecified atom stereocenters. The van der Waals surface area contributed by atoms with Crippen LogP contribution in [0.25, 0.3) is 11.0 Å². The van der Waals surface area contributed by atoms with E-state index in [1.165, 1.54) is 66.5 Å². The third-order valence-corrected chi connectivity index (χ3v) is 17.4. The maximum absolute atomic E-state index is 7.25. The third kappa shape index (κ3) is 5.13. The maximum atomic E-state index is 7.25. The minimum Gasteiger partial charge on any atom is -0.458 e. The topological polar surface area (TPSA) is 32.1 Å². The Kier molecular flexibility index (Phi) is 7.60. The highest BCUT2D eigenvalue weighted by Gasteiger charge is 2.47. The summed E-state index contributed by atoms with van der Waals surface area (Å²) in [5.41, 5.74) is 18.0. The van der Waals surface area contributed by atoms with E-state index in [9.17, 15) is 0 Å². The third-order valence-electron chi connectivity index (χ3n) is 15.0. The highest BCUT2D eigenvalue weighted by Crippen LogP contribution is 2.72. The number of rotatable bonds is 3. The second-order valence-electron chi connectivity index (χ2n) is 19.6. The number of hydrogen-bond donors (Lipinski definition) is 1. The Balaban J connectivity index is 1.07. The van der Waals surface area contributed by atoms with Gasteiger partial charge in [0.25, 0.3) is 6.71 Å². The van der Waals surface area contributed by atoms with Crippen molar-refractivity contribution >= 4 is 96.2 Å². The van der Waals surface area contributed by atoms with Crippen LogP contribution in [-0.2, 0) is 10.8 Å². The predicted molar refractivity (Wildman–Crippen MR) is 271 cm³/mol. The van der Waals surface area contributed by atoms with Gasteiger partial charge in [-0.15, -0.1) is 10.9 Å². The zero-order valence-corrected chi connectivity index (χ0v) is 37.7. The van der Waals surface area contributed by atoms with Crippen LogP contribution in [0.3, 0.4) is 0 Å². The molecular weight excluding hydrogens is 814 g/mol. The van der Waals surface area contributed by atoms with Gasteiger partial charge in [0.1, 0.15) is 22.8 Å². The van der Waals surface area contributed by atoms with Crippen LogP contribution in [-0.4, -0.2) is 6.71 Å². The van der Waals surface area contributed by atoms with Crippen molar-refractivity contribution in [2.24, 2.45) is 0 Å². The largest absolute Gasteiger partial charge is 0.458 e. The molecule has 0 spiro atoms. The average molecular weight is 860 g/mol. The molecule has 8 aromatic carbocycles. The molecule has 0 saturated carbocycles. The number of fused-ring (bicyclic) bond motifs is 11. The van der Waals surface area contributed by atoms with Gasteiger partial charge in [-0.25, -0.2) is 0 Å². The zero-order chi connectivity index (χ0) is 43.3. The van der Waals surface area contributed by atoms with Crippen LogP contribution in [0, 0.1) is 0 Å². The summed E-state index contributed by atoms with van der Waals surface area (Å²) in [6.45, 7) is 9.64. The summed E-state index contributed by atoms with van der Waals surface area (Å²) in [6.07, 6.45) is 2.32. The Morgan fingerprint density at radius 3 is 1.92 bits per heavy atom. The summed E-state index contributed by atoms with van der Waals surface area (Å²) < 4.78 is 14.5. The van der Waals surface area contributed by atoms with Gasteiger partial charge in [0, 0.05) is 49.7 Å².